The van der Waals surface area contributed by atoms with Gasteiger partial charge in [-0.2, -0.15) is 0 Å². The molecule has 0 fully saturated rings. The number of aryl methyl sites for hydroxylation is 1. The normalized spacial score (nSPS) is 11.0. The minimum Gasteiger partial charge on any atom is -1.00 e. The third-order valence-electron chi connectivity index (χ3n) is 7.80. The fraction of sp³-hybridized carbons (Fsp3) is 0.605. The van der Waals surface area contributed by atoms with Crippen LogP contribution in [0.4, 0.5) is 5.69 Å². The second-order valence-electron chi connectivity index (χ2n) is 11.8. The van der Waals surface area contributed by atoms with Crippen LogP contribution in [-0.4, -0.2) is 76.3 Å². The van der Waals surface area contributed by atoms with Crippen molar-refractivity contribution in [3.05, 3.63) is 59.9 Å². The average Bonchev–Trinajstić information content (AvgIpc) is 3.08. The van der Waals surface area contributed by atoms with Gasteiger partial charge in [0.25, 0.3) is 0 Å². The number of amides is 1. The maximum Gasteiger partial charge on any atom is 0.305 e. The van der Waals surface area contributed by atoms with E-state index in [4.69, 9.17) is 19.3 Å². The highest BCUT2D eigenvalue weighted by Crippen LogP contribution is 2.19. The number of carbonyl (C=O) groups excluding carboxylic acids is 1. The Morgan fingerprint density at radius 2 is 1.25 bits per heavy atom. The van der Waals surface area contributed by atoms with Gasteiger partial charge in [0.1, 0.15) is 6.54 Å². The van der Waals surface area contributed by atoms with Crippen molar-refractivity contribution in [1.29, 1.82) is 0 Å². The van der Waals surface area contributed by atoms with Gasteiger partial charge in [0, 0.05) is 50.3 Å². The number of carboxylic acids is 1. The number of halogens is 1. The minimum absolute atomic E-state index is 0. The monoisotopic (exact) mass is 733 g/mol. The first kappa shape index (κ1) is 43.2. The van der Waals surface area contributed by atoms with E-state index in [1.165, 1.54) is 62.6 Å². The predicted octanol–water partition coefficient (Wildman–Crippen LogP) is 3.54. The molecule has 2 aromatic rings. The van der Waals surface area contributed by atoms with E-state index in [2.05, 4.69) is 89.6 Å². The highest BCUT2D eigenvalue weighted by atomic mass is 79.9. The van der Waals surface area contributed by atoms with Gasteiger partial charge < -0.3 is 46.5 Å². The lowest BCUT2D eigenvalue weighted by Crippen LogP contribution is -3.00. The number of unbranched alkanes of at least 4 members (excludes halogenated alkanes) is 6. The molecule has 270 valence electrons. The lowest BCUT2D eigenvalue weighted by atomic mass is 10.1. The summed E-state index contributed by atoms with van der Waals surface area (Å²) >= 11 is 0. The molecule has 0 saturated heterocycles. The van der Waals surface area contributed by atoms with Gasteiger partial charge in [0.15, 0.2) is 12.4 Å². The van der Waals surface area contributed by atoms with E-state index < -0.39 is 5.97 Å². The number of carboxylic acid groups (broad SMARTS) is 1. The minimum atomic E-state index is -0.875. The molecule has 10 heteroatoms. The quantitative estimate of drug-likeness (QED) is 0.0975. The zero-order chi connectivity index (χ0) is 33.8. The highest BCUT2D eigenvalue weighted by Gasteiger charge is 2.07. The van der Waals surface area contributed by atoms with E-state index in [1.807, 2.05) is 0 Å². The van der Waals surface area contributed by atoms with Crippen LogP contribution >= 0.6 is 0 Å². The molecule has 0 aliphatic rings. The topological polar surface area (TPSA) is 101 Å². The van der Waals surface area contributed by atoms with Crippen LogP contribution in [0.5, 0.6) is 0 Å². The van der Waals surface area contributed by atoms with Gasteiger partial charge in [0.2, 0.25) is 5.91 Å². The van der Waals surface area contributed by atoms with Gasteiger partial charge in [-0.05, 0) is 36.1 Å². The standard InChI is InChI=1S/C38H59N3O6.BrH/c1-3-5-7-9-24-41(25-10-8-6-4-2)36-17-15-34(16-18-36)13-14-35-19-26-40(27-20-35)23-11-12-37(42)39-22-29-46-31-33-47-32-30-45-28-21-38(43)44;/h13-20,26-27H,3-12,21-25,28-33H2,1-2H3,(H-,39,42,43,44);1H. The fourth-order valence-corrected chi connectivity index (χ4v) is 5.02. The maximum absolute atomic E-state index is 12.1. The predicted molar refractivity (Wildman–Crippen MR) is 189 cm³/mol. The van der Waals surface area contributed by atoms with Crippen molar-refractivity contribution in [1.82, 2.24) is 5.32 Å². The smallest absolute Gasteiger partial charge is 0.305 e. The number of rotatable bonds is 29. The molecule has 1 heterocycles. The molecule has 1 aromatic heterocycles. The lowest BCUT2D eigenvalue weighted by Gasteiger charge is -2.25. The Balaban J connectivity index is 0.0000115. The molecule has 0 aliphatic carbocycles. The van der Waals surface area contributed by atoms with E-state index in [-0.39, 0.29) is 35.9 Å². The summed E-state index contributed by atoms with van der Waals surface area (Å²) in [4.78, 5) is 25.1. The first-order valence-electron chi connectivity index (χ1n) is 17.8. The summed E-state index contributed by atoms with van der Waals surface area (Å²) in [6.45, 7) is 10.3. The Morgan fingerprint density at radius 3 is 1.81 bits per heavy atom. The van der Waals surface area contributed by atoms with Gasteiger partial charge in [-0.3, -0.25) is 9.59 Å². The van der Waals surface area contributed by atoms with E-state index >= 15 is 0 Å². The van der Waals surface area contributed by atoms with Gasteiger partial charge in [-0.25, -0.2) is 4.57 Å². The summed E-state index contributed by atoms with van der Waals surface area (Å²) in [5.41, 5.74) is 3.67. The number of aromatic nitrogens is 1. The molecule has 2 rings (SSSR count). The van der Waals surface area contributed by atoms with Crippen molar-refractivity contribution in [2.75, 3.05) is 64.2 Å². The number of benzene rings is 1. The first-order chi connectivity index (χ1) is 23.0. The molecule has 2 N–H and O–H groups in total. The van der Waals surface area contributed by atoms with Crippen LogP contribution in [-0.2, 0) is 30.3 Å². The van der Waals surface area contributed by atoms with Crippen molar-refractivity contribution in [3.8, 4) is 0 Å². The Hall–Kier alpha value is -2.79. The van der Waals surface area contributed by atoms with Gasteiger partial charge >= 0.3 is 5.97 Å². The van der Waals surface area contributed by atoms with Crippen LogP contribution in [0.25, 0.3) is 12.2 Å². The van der Waals surface area contributed by atoms with E-state index in [9.17, 15) is 9.59 Å². The number of nitrogens with zero attached hydrogens (tertiary/aromatic N) is 2. The van der Waals surface area contributed by atoms with Gasteiger partial charge in [-0.15, -0.1) is 0 Å². The molecule has 0 saturated carbocycles. The molecule has 0 spiro atoms. The van der Waals surface area contributed by atoms with Crippen molar-refractivity contribution < 1.29 is 50.5 Å². The third-order valence-corrected chi connectivity index (χ3v) is 7.80. The van der Waals surface area contributed by atoms with E-state index in [0.717, 1.165) is 31.6 Å². The van der Waals surface area contributed by atoms with E-state index in [0.29, 0.717) is 46.0 Å². The second-order valence-corrected chi connectivity index (χ2v) is 11.8. The van der Waals surface area contributed by atoms with E-state index in [1.54, 1.807) is 0 Å². The highest BCUT2D eigenvalue weighted by molar-refractivity contribution is 5.75. The summed E-state index contributed by atoms with van der Waals surface area (Å²) < 4.78 is 18.1. The number of carbonyl (C=O) groups is 2. The fourth-order valence-electron chi connectivity index (χ4n) is 5.02. The van der Waals surface area contributed by atoms with Gasteiger partial charge in [0.05, 0.1) is 46.1 Å². The largest absolute Gasteiger partial charge is 1.00 e. The molecule has 9 nitrogen and oxygen atoms in total. The van der Waals surface area contributed by atoms with Crippen LogP contribution in [0, 0.1) is 0 Å². The molecule has 0 atom stereocenters. The van der Waals surface area contributed by atoms with Crippen LogP contribution in [0.1, 0.15) is 95.6 Å². The third kappa shape index (κ3) is 22.0. The number of hydrogen-bond acceptors (Lipinski definition) is 6. The summed E-state index contributed by atoms with van der Waals surface area (Å²) in [7, 11) is 0. The van der Waals surface area contributed by atoms with Crippen molar-refractivity contribution in [3.63, 3.8) is 0 Å². The molecule has 0 unspecified atom stereocenters. The maximum atomic E-state index is 12.1. The summed E-state index contributed by atoms with van der Waals surface area (Å²) in [5.74, 6) is -0.856. The lowest BCUT2D eigenvalue weighted by molar-refractivity contribution is -0.697. The number of nitrogens with one attached hydrogen (secondary N) is 1. The Bertz CT molecular complexity index is 1100. The van der Waals surface area contributed by atoms with Gasteiger partial charge in [-0.1, -0.05) is 76.7 Å². The molecule has 48 heavy (non-hydrogen) atoms. The molecule has 0 radical (unpaired) electrons. The molecular weight excluding hydrogens is 674 g/mol. The molecule has 1 amide bonds. The number of hydrogen-bond donors (Lipinski definition) is 2. The number of aliphatic carboxylic acids is 1. The number of ether oxygens (including phenoxy) is 3. The zero-order valence-corrected chi connectivity index (χ0v) is 31.0. The van der Waals surface area contributed by atoms with Crippen LogP contribution in [0.3, 0.4) is 0 Å². The number of pyridine rings is 1. The average molecular weight is 735 g/mol. The molecule has 0 aliphatic heterocycles. The Labute approximate surface area is 299 Å². The SMILES string of the molecule is CCCCCCN(CCCCCC)c1ccc(/C=C/c2cc[n+](CCCC(=O)NCCOCCOCCOCCC(=O)O)cc2)cc1.[Br-]. The van der Waals surface area contributed by atoms with Crippen LogP contribution < -0.4 is 31.8 Å². The molecule has 0 bridgehead atoms. The summed E-state index contributed by atoms with van der Waals surface area (Å²) in [5, 5.41) is 11.4. The van der Waals surface area contributed by atoms with Crippen LogP contribution in [0.15, 0.2) is 48.8 Å². The first-order valence-corrected chi connectivity index (χ1v) is 17.8. The Morgan fingerprint density at radius 1 is 0.708 bits per heavy atom. The Kier molecular flexibility index (Phi) is 26.3. The zero-order valence-electron chi connectivity index (χ0n) is 29.4. The van der Waals surface area contributed by atoms with Crippen molar-refractivity contribution >= 4 is 29.7 Å². The van der Waals surface area contributed by atoms with Crippen molar-refractivity contribution in [2.24, 2.45) is 0 Å². The molecule has 1 aromatic carbocycles. The number of anilines is 1. The second kappa shape index (κ2) is 29.2. The van der Waals surface area contributed by atoms with Crippen LogP contribution in [0.2, 0.25) is 0 Å². The summed E-state index contributed by atoms with van der Waals surface area (Å²) in [6, 6.07) is 13.2. The van der Waals surface area contributed by atoms with Crippen molar-refractivity contribution in [2.45, 2.75) is 91.0 Å². The molecular formula is C38H60BrN3O6. The summed E-state index contributed by atoms with van der Waals surface area (Å²) in [6.07, 6.45) is 20.0.